The third kappa shape index (κ3) is 3.26. The molecule has 0 spiro atoms. The Morgan fingerprint density at radius 1 is 1.48 bits per heavy atom. The van der Waals surface area contributed by atoms with E-state index in [0.717, 1.165) is 0 Å². The van der Waals surface area contributed by atoms with E-state index in [1.54, 1.807) is 13.0 Å². The van der Waals surface area contributed by atoms with Crippen LogP contribution in [0.3, 0.4) is 0 Å². The van der Waals surface area contributed by atoms with Gasteiger partial charge in [-0.25, -0.2) is 4.79 Å². The number of carbonyl (C=O) groups excluding carboxylic acids is 2. The summed E-state index contributed by atoms with van der Waals surface area (Å²) in [5.74, 6) is -4.04. The number of ether oxygens (including phenoxy) is 1. The normalized spacial score (nSPS) is 22.0. The van der Waals surface area contributed by atoms with Crippen LogP contribution in [0.15, 0.2) is 23.4 Å². The average molecular weight is 382 g/mol. The van der Waals surface area contributed by atoms with Crippen molar-refractivity contribution in [3.8, 4) is 0 Å². The number of fused-ring (bicyclic) bond motifs is 1. The number of hydrogen-bond acceptors (Lipinski definition) is 5. The van der Waals surface area contributed by atoms with Gasteiger partial charge in [0, 0.05) is 19.2 Å². The summed E-state index contributed by atoms with van der Waals surface area (Å²) in [4.78, 5) is 30.5. The molecule has 1 aromatic carbocycles. The molecule has 2 amide bonds. The Hall–Kier alpha value is -2.91. The maximum Gasteiger partial charge on any atom is 0.414 e. The molecular weight excluding hydrogens is 362 g/mol. The number of amidine groups is 1. The summed E-state index contributed by atoms with van der Waals surface area (Å²) in [6.07, 6.45) is -0.871. The molecule has 2 aliphatic heterocycles. The van der Waals surface area contributed by atoms with Crippen molar-refractivity contribution in [3.63, 3.8) is 0 Å². The highest BCUT2D eigenvalue weighted by atomic mass is 19.3. The number of nitrogens with one attached hydrogen (secondary N) is 1. The second kappa shape index (κ2) is 7.01. The lowest BCUT2D eigenvalue weighted by molar-refractivity contribution is -0.121. The molecule has 0 aromatic heterocycles. The van der Waals surface area contributed by atoms with Crippen LogP contribution >= 0.6 is 0 Å². The van der Waals surface area contributed by atoms with Gasteiger partial charge in [0.05, 0.1) is 24.3 Å². The molecule has 2 heterocycles. The van der Waals surface area contributed by atoms with Gasteiger partial charge in [-0.1, -0.05) is 12.1 Å². The molecule has 2 aliphatic rings. The van der Waals surface area contributed by atoms with E-state index in [0.29, 0.717) is 6.42 Å². The van der Waals surface area contributed by atoms with Gasteiger partial charge in [0.15, 0.2) is 0 Å². The molecule has 146 valence electrons. The first-order chi connectivity index (χ1) is 12.8. The molecule has 0 aliphatic carbocycles. The van der Waals surface area contributed by atoms with Crippen LogP contribution in [-0.2, 0) is 20.3 Å². The Morgan fingerprint density at radius 2 is 2.22 bits per heavy atom. The molecule has 0 unspecified atom stereocenters. The van der Waals surface area contributed by atoms with Crippen molar-refractivity contribution < 1.29 is 27.9 Å². The fourth-order valence-electron chi connectivity index (χ4n) is 3.08. The van der Waals surface area contributed by atoms with Crippen LogP contribution in [0.2, 0.25) is 0 Å². The summed E-state index contributed by atoms with van der Waals surface area (Å²) in [7, 11) is 2.66. The molecule has 0 radical (unpaired) electrons. The van der Waals surface area contributed by atoms with Crippen molar-refractivity contribution in [2.24, 2.45) is 5.16 Å². The predicted octanol–water partition coefficient (Wildman–Crippen LogP) is 2.04. The lowest BCUT2D eigenvalue weighted by atomic mass is 10.1. The molecule has 10 heteroatoms. The number of rotatable bonds is 5. The van der Waals surface area contributed by atoms with E-state index in [1.807, 2.05) is 0 Å². The van der Waals surface area contributed by atoms with Gasteiger partial charge in [0.2, 0.25) is 11.7 Å². The monoisotopic (exact) mass is 382 g/mol. The number of likely N-dealkylation sites (N-methyl/N-ethyl adjacent to an activating group) is 1. The largest absolute Gasteiger partial charge is 0.442 e. The summed E-state index contributed by atoms with van der Waals surface area (Å²) < 4.78 is 34.6. The lowest BCUT2D eigenvalue weighted by Gasteiger charge is -2.16. The first-order valence-corrected chi connectivity index (χ1v) is 8.42. The molecule has 1 aromatic rings. The van der Waals surface area contributed by atoms with Gasteiger partial charge >= 0.3 is 12.0 Å². The molecule has 1 atom stereocenters. The van der Waals surface area contributed by atoms with Gasteiger partial charge in [-0.05, 0) is 18.2 Å². The Labute approximate surface area is 154 Å². The minimum Gasteiger partial charge on any atom is -0.442 e. The maximum absolute atomic E-state index is 14.7. The van der Waals surface area contributed by atoms with Crippen LogP contribution in [0.4, 0.5) is 25.0 Å². The fraction of sp³-hybridized carbons (Fsp3) is 0.471. The van der Waals surface area contributed by atoms with Gasteiger partial charge in [0.25, 0.3) is 0 Å². The van der Waals surface area contributed by atoms with E-state index >= 15 is 0 Å². The van der Waals surface area contributed by atoms with E-state index in [4.69, 9.17) is 4.74 Å². The summed E-state index contributed by atoms with van der Waals surface area (Å²) in [6.45, 7) is 2.04. The zero-order valence-electron chi connectivity index (χ0n) is 15.2. The molecule has 0 bridgehead atoms. The van der Waals surface area contributed by atoms with Gasteiger partial charge < -0.3 is 19.8 Å². The SMILES string of the molecule is CCC(=O)NC[C@@H]1CN(c2ccc3c(c2)C(F)(F)C(=NOC)N3C)C(=O)O1. The third-order valence-corrected chi connectivity index (χ3v) is 4.49. The van der Waals surface area contributed by atoms with E-state index in [2.05, 4.69) is 15.3 Å². The Kier molecular flexibility index (Phi) is 4.90. The highest BCUT2D eigenvalue weighted by Gasteiger charge is 2.50. The number of halogens is 2. The van der Waals surface area contributed by atoms with Crippen molar-refractivity contribution in [1.29, 1.82) is 0 Å². The van der Waals surface area contributed by atoms with Gasteiger partial charge in [-0.3, -0.25) is 9.69 Å². The van der Waals surface area contributed by atoms with Crippen molar-refractivity contribution in [1.82, 2.24) is 5.32 Å². The van der Waals surface area contributed by atoms with E-state index in [1.165, 1.54) is 36.1 Å². The zero-order chi connectivity index (χ0) is 19.8. The second-order valence-electron chi connectivity index (χ2n) is 6.21. The first-order valence-electron chi connectivity index (χ1n) is 8.42. The van der Waals surface area contributed by atoms with E-state index in [9.17, 15) is 18.4 Å². The smallest absolute Gasteiger partial charge is 0.414 e. The summed E-state index contributed by atoms with van der Waals surface area (Å²) in [5.41, 5.74) is 0.294. The molecule has 1 fully saturated rings. The standard InChI is InChI=1S/C17H20F2N4O4/c1-4-14(24)20-8-11-9-23(16(25)27-11)10-5-6-13-12(7-10)17(18,19)15(21-26-3)22(13)2/h5-7,11H,4,8-9H2,1-3H3,(H,20,24)/t11-/m1/s1. The number of amides is 2. The summed E-state index contributed by atoms with van der Waals surface area (Å²) in [6, 6.07) is 4.31. The summed E-state index contributed by atoms with van der Waals surface area (Å²) >= 11 is 0. The van der Waals surface area contributed by atoms with Crippen molar-refractivity contribution in [3.05, 3.63) is 23.8 Å². The van der Waals surface area contributed by atoms with Crippen LogP contribution < -0.4 is 15.1 Å². The van der Waals surface area contributed by atoms with E-state index in [-0.39, 0.29) is 35.9 Å². The lowest BCUT2D eigenvalue weighted by Crippen LogP contribution is -2.34. The minimum absolute atomic E-state index is 0.155. The molecule has 1 N–H and O–H groups in total. The maximum atomic E-state index is 14.7. The average Bonchev–Trinajstić information content (AvgIpc) is 3.11. The van der Waals surface area contributed by atoms with Crippen molar-refractivity contribution >= 4 is 29.2 Å². The molecule has 0 saturated carbocycles. The number of anilines is 2. The number of nitrogens with zero attached hydrogens (tertiary/aromatic N) is 3. The van der Waals surface area contributed by atoms with E-state index < -0.39 is 24.0 Å². The van der Waals surface area contributed by atoms with Crippen molar-refractivity contribution in [2.75, 3.05) is 37.0 Å². The number of benzene rings is 1. The van der Waals surface area contributed by atoms with Crippen LogP contribution in [-0.4, -0.2) is 51.2 Å². The number of hydrogen-bond donors (Lipinski definition) is 1. The molecule has 1 saturated heterocycles. The van der Waals surface area contributed by atoms with Gasteiger partial charge in [-0.15, -0.1) is 0 Å². The Bertz CT molecular complexity index is 799. The highest BCUT2D eigenvalue weighted by Crippen LogP contribution is 2.46. The van der Waals surface area contributed by atoms with Crippen LogP contribution in [0.5, 0.6) is 0 Å². The third-order valence-electron chi connectivity index (χ3n) is 4.49. The highest BCUT2D eigenvalue weighted by molar-refractivity contribution is 6.09. The van der Waals surface area contributed by atoms with Crippen LogP contribution in [0.1, 0.15) is 18.9 Å². The molecule has 8 nitrogen and oxygen atoms in total. The summed E-state index contributed by atoms with van der Waals surface area (Å²) in [5, 5.41) is 6.07. The Balaban J connectivity index is 1.82. The number of carbonyl (C=O) groups is 2. The number of cyclic esters (lactones) is 1. The quantitative estimate of drug-likeness (QED) is 0.788. The fourth-order valence-corrected chi connectivity index (χ4v) is 3.08. The van der Waals surface area contributed by atoms with Crippen LogP contribution in [0.25, 0.3) is 0 Å². The first kappa shape index (κ1) is 18.9. The predicted molar refractivity (Wildman–Crippen MR) is 94.1 cm³/mol. The zero-order valence-corrected chi connectivity index (χ0v) is 15.2. The molecule has 3 rings (SSSR count). The second-order valence-corrected chi connectivity index (χ2v) is 6.21. The minimum atomic E-state index is -3.35. The van der Waals surface area contributed by atoms with Gasteiger partial charge in [-0.2, -0.15) is 8.78 Å². The topological polar surface area (TPSA) is 83.5 Å². The number of oxime groups is 1. The van der Waals surface area contributed by atoms with Crippen molar-refractivity contribution in [2.45, 2.75) is 25.4 Å². The number of alkyl halides is 2. The Morgan fingerprint density at radius 3 is 2.89 bits per heavy atom. The molecule has 27 heavy (non-hydrogen) atoms. The van der Waals surface area contributed by atoms with Gasteiger partial charge in [0.1, 0.15) is 13.2 Å². The van der Waals surface area contributed by atoms with Crippen LogP contribution in [0, 0.1) is 0 Å². The molecular formula is C17H20F2N4O4.